The van der Waals surface area contributed by atoms with Gasteiger partial charge in [-0.2, -0.15) is 0 Å². The molecule has 1 atom stereocenters. The van der Waals surface area contributed by atoms with Crippen LogP contribution in [0.1, 0.15) is 6.92 Å². The molecule has 1 aromatic rings. The molecule has 0 heterocycles. The zero-order valence-corrected chi connectivity index (χ0v) is 11.5. The van der Waals surface area contributed by atoms with Gasteiger partial charge >= 0.3 is 0 Å². The molecule has 1 aromatic carbocycles. The summed E-state index contributed by atoms with van der Waals surface area (Å²) in [5, 5.41) is 3.55. The summed E-state index contributed by atoms with van der Waals surface area (Å²) >= 11 is 7.26. The number of rotatable bonds is 6. The third kappa shape index (κ3) is 5.96. The van der Waals surface area contributed by atoms with Crippen LogP contribution in [-0.4, -0.2) is 31.4 Å². The topological polar surface area (TPSA) is 38.3 Å². The Labute approximate surface area is 111 Å². The molecular weight excluding hydrogens is 258 g/mol. The van der Waals surface area contributed by atoms with E-state index in [0.29, 0.717) is 17.4 Å². The van der Waals surface area contributed by atoms with Crippen LogP contribution >= 0.6 is 23.4 Å². The lowest BCUT2D eigenvalue weighted by molar-refractivity contribution is -0.119. The second kappa shape index (κ2) is 7.58. The second-order valence-corrected chi connectivity index (χ2v) is 5.15. The fourth-order valence-corrected chi connectivity index (χ4v) is 2.12. The molecule has 0 bridgehead atoms. The summed E-state index contributed by atoms with van der Waals surface area (Å²) in [6.07, 6.45) is 0. The maximum atomic E-state index is 11.6. The Kier molecular flexibility index (Phi) is 6.40. The van der Waals surface area contributed by atoms with E-state index in [1.165, 1.54) is 11.8 Å². The standard InChI is InChI=1S/C12H16ClNO2S/c1-9(7-16-2)14-12(15)8-17-11-5-3-10(13)4-6-11/h3-6,9H,7-8H2,1-2H3,(H,14,15)/t9-/m1/s1. The highest BCUT2D eigenvalue weighted by Gasteiger charge is 2.07. The molecule has 3 nitrogen and oxygen atoms in total. The molecule has 5 heteroatoms. The molecule has 1 amide bonds. The van der Waals surface area contributed by atoms with Crippen LogP contribution < -0.4 is 5.32 Å². The van der Waals surface area contributed by atoms with Crippen molar-refractivity contribution in [2.75, 3.05) is 19.5 Å². The normalized spacial score (nSPS) is 12.2. The SMILES string of the molecule is COC[C@@H](C)NC(=O)CSc1ccc(Cl)cc1. The van der Waals surface area contributed by atoms with Crippen LogP contribution in [0.3, 0.4) is 0 Å². The third-order valence-electron chi connectivity index (χ3n) is 2.01. The molecule has 0 aliphatic heterocycles. The Balaban J connectivity index is 2.30. The highest BCUT2D eigenvalue weighted by atomic mass is 35.5. The van der Waals surface area contributed by atoms with Gasteiger partial charge in [-0.3, -0.25) is 4.79 Å². The van der Waals surface area contributed by atoms with Gasteiger partial charge in [-0.15, -0.1) is 11.8 Å². The van der Waals surface area contributed by atoms with Crippen LogP contribution in [-0.2, 0) is 9.53 Å². The van der Waals surface area contributed by atoms with Crippen molar-refractivity contribution < 1.29 is 9.53 Å². The van der Waals surface area contributed by atoms with Crippen LogP contribution in [0, 0.1) is 0 Å². The van der Waals surface area contributed by atoms with Gasteiger partial charge in [-0.1, -0.05) is 11.6 Å². The first-order valence-corrected chi connectivity index (χ1v) is 6.65. The van der Waals surface area contributed by atoms with E-state index in [1.54, 1.807) is 7.11 Å². The Morgan fingerprint density at radius 2 is 2.12 bits per heavy atom. The summed E-state index contributed by atoms with van der Waals surface area (Å²) in [5.41, 5.74) is 0. The maximum Gasteiger partial charge on any atom is 0.230 e. The van der Waals surface area contributed by atoms with Crippen molar-refractivity contribution in [3.8, 4) is 0 Å². The van der Waals surface area contributed by atoms with Crippen molar-refractivity contribution in [3.63, 3.8) is 0 Å². The fourth-order valence-electron chi connectivity index (χ4n) is 1.29. The lowest BCUT2D eigenvalue weighted by Gasteiger charge is -2.12. The van der Waals surface area contributed by atoms with E-state index in [4.69, 9.17) is 16.3 Å². The van der Waals surface area contributed by atoms with Crippen molar-refractivity contribution in [2.24, 2.45) is 0 Å². The molecule has 1 rings (SSSR count). The van der Waals surface area contributed by atoms with Crippen LogP contribution in [0.5, 0.6) is 0 Å². The summed E-state index contributed by atoms with van der Waals surface area (Å²) in [4.78, 5) is 12.6. The highest BCUT2D eigenvalue weighted by Crippen LogP contribution is 2.19. The number of nitrogens with one attached hydrogen (secondary N) is 1. The van der Waals surface area contributed by atoms with Gasteiger partial charge < -0.3 is 10.1 Å². The number of carbonyl (C=O) groups is 1. The minimum Gasteiger partial charge on any atom is -0.383 e. The van der Waals surface area contributed by atoms with Gasteiger partial charge in [-0.25, -0.2) is 0 Å². The monoisotopic (exact) mass is 273 g/mol. The second-order valence-electron chi connectivity index (χ2n) is 3.67. The van der Waals surface area contributed by atoms with Crippen molar-refractivity contribution in [3.05, 3.63) is 29.3 Å². The maximum absolute atomic E-state index is 11.6. The predicted octanol–water partition coefficient (Wildman–Crippen LogP) is 2.58. The summed E-state index contributed by atoms with van der Waals surface area (Å²) in [6, 6.07) is 7.47. The van der Waals surface area contributed by atoms with Gasteiger partial charge in [0.1, 0.15) is 0 Å². The Morgan fingerprint density at radius 3 is 2.71 bits per heavy atom. The van der Waals surface area contributed by atoms with Gasteiger partial charge in [0.05, 0.1) is 12.4 Å². The summed E-state index contributed by atoms with van der Waals surface area (Å²) in [6.45, 7) is 2.44. The molecule has 0 aromatic heterocycles. The number of hydrogen-bond donors (Lipinski definition) is 1. The first-order valence-electron chi connectivity index (χ1n) is 5.28. The molecular formula is C12H16ClNO2S. The van der Waals surface area contributed by atoms with Crippen molar-refractivity contribution >= 4 is 29.3 Å². The molecule has 0 fully saturated rings. The Bertz CT molecular complexity index is 356. The number of carbonyl (C=O) groups excluding carboxylic acids is 1. The summed E-state index contributed by atoms with van der Waals surface area (Å²) < 4.78 is 4.94. The van der Waals surface area contributed by atoms with Crippen molar-refractivity contribution in [1.29, 1.82) is 0 Å². The van der Waals surface area contributed by atoms with Crippen LogP contribution in [0.2, 0.25) is 5.02 Å². The van der Waals surface area contributed by atoms with E-state index in [-0.39, 0.29) is 11.9 Å². The average Bonchev–Trinajstić information content (AvgIpc) is 2.28. The average molecular weight is 274 g/mol. The highest BCUT2D eigenvalue weighted by molar-refractivity contribution is 8.00. The minimum absolute atomic E-state index is 0.00880. The smallest absolute Gasteiger partial charge is 0.230 e. The molecule has 94 valence electrons. The lowest BCUT2D eigenvalue weighted by Crippen LogP contribution is -2.36. The first-order chi connectivity index (χ1) is 8.11. The largest absolute Gasteiger partial charge is 0.383 e. The molecule has 0 unspecified atom stereocenters. The molecule has 0 aliphatic rings. The van der Waals surface area contributed by atoms with Crippen molar-refractivity contribution in [1.82, 2.24) is 5.32 Å². The van der Waals surface area contributed by atoms with Crippen LogP contribution in [0.15, 0.2) is 29.2 Å². The van der Waals surface area contributed by atoms with Gasteiger partial charge in [0.15, 0.2) is 0 Å². The zero-order valence-electron chi connectivity index (χ0n) is 9.90. The number of hydrogen-bond acceptors (Lipinski definition) is 3. The predicted molar refractivity (Wildman–Crippen MR) is 71.7 cm³/mol. The van der Waals surface area contributed by atoms with E-state index < -0.39 is 0 Å². The van der Waals surface area contributed by atoms with Crippen molar-refractivity contribution in [2.45, 2.75) is 17.9 Å². The van der Waals surface area contributed by atoms with Crippen LogP contribution in [0.4, 0.5) is 0 Å². The van der Waals surface area contributed by atoms with E-state index in [9.17, 15) is 4.79 Å². The van der Waals surface area contributed by atoms with E-state index in [0.717, 1.165) is 4.90 Å². The minimum atomic E-state index is 0.00880. The van der Waals surface area contributed by atoms with E-state index in [1.807, 2.05) is 31.2 Å². The van der Waals surface area contributed by atoms with E-state index >= 15 is 0 Å². The van der Waals surface area contributed by atoms with Crippen LogP contribution in [0.25, 0.3) is 0 Å². The zero-order chi connectivity index (χ0) is 12.7. The number of methoxy groups -OCH3 is 1. The molecule has 0 spiro atoms. The molecule has 0 saturated heterocycles. The Hall–Kier alpha value is -0.710. The molecule has 0 radical (unpaired) electrons. The third-order valence-corrected chi connectivity index (χ3v) is 3.27. The number of thioether (sulfide) groups is 1. The number of ether oxygens (including phenoxy) is 1. The van der Waals surface area contributed by atoms with Gasteiger partial charge in [0.25, 0.3) is 0 Å². The van der Waals surface area contributed by atoms with Gasteiger partial charge in [-0.05, 0) is 31.2 Å². The Morgan fingerprint density at radius 1 is 1.47 bits per heavy atom. The molecule has 0 saturated carbocycles. The number of benzene rings is 1. The molecule has 17 heavy (non-hydrogen) atoms. The fraction of sp³-hybridized carbons (Fsp3) is 0.417. The number of amides is 1. The van der Waals surface area contributed by atoms with E-state index in [2.05, 4.69) is 5.32 Å². The summed E-state index contributed by atoms with van der Waals surface area (Å²) in [7, 11) is 1.62. The quantitative estimate of drug-likeness (QED) is 0.810. The number of halogens is 1. The molecule has 0 aliphatic carbocycles. The molecule has 1 N–H and O–H groups in total. The summed E-state index contributed by atoms with van der Waals surface area (Å²) in [5.74, 6) is 0.407. The first kappa shape index (κ1) is 14.4. The van der Waals surface area contributed by atoms with Gasteiger partial charge in [0, 0.05) is 23.1 Å². The lowest BCUT2D eigenvalue weighted by atomic mass is 10.3. The van der Waals surface area contributed by atoms with Gasteiger partial charge in [0.2, 0.25) is 5.91 Å².